The maximum atomic E-state index is 10.4. The van der Waals surface area contributed by atoms with Crippen LogP contribution in [0.5, 0.6) is 0 Å². The van der Waals surface area contributed by atoms with Crippen LogP contribution in [0.4, 0.5) is 0 Å². The Hall–Kier alpha value is -1.63. The lowest BCUT2D eigenvalue weighted by Crippen LogP contribution is -2.26. The van der Waals surface area contributed by atoms with Crippen LogP contribution >= 0.6 is 15.9 Å². The van der Waals surface area contributed by atoms with Gasteiger partial charge in [-0.15, -0.1) is 0 Å². The third-order valence-electron chi connectivity index (χ3n) is 1.97. The van der Waals surface area contributed by atoms with Crippen molar-refractivity contribution >= 4 is 15.9 Å². The Bertz CT molecular complexity index is 417. The highest BCUT2D eigenvalue weighted by molar-refractivity contribution is 9.10. The van der Waals surface area contributed by atoms with Gasteiger partial charge in [0.25, 0.3) is 6.20 Å². The maximum Gasteiger partial charge on any atom is 0.274 e. The van der Waals surface area contributed by atoms with Crippen molar-refractivity contribution in [2.75, 3.05) is 14.1 Å². The molecule has 1 heterocycles. The molecule has 1 N–H and O–H groups in total. The standard InChI is InChI=1S/C10H13BrN4O2/c1-14(2)10(7-15(16)17)13-6-8-3-4-9(11)12-5-8/h3-5,7,13H,6H2,1-2H3/b10-7-. The van der Waals surface area contributed by atoms with Gasteiger partial charge in [-0.2, -0.15) is 0 Å². The Balaban J connectivity index is 2.64. The monoisotopic (exact) mass is 300 g/mol. The number of hydrogen-bond acceptors (Lipinski definition) is 5. The van der Waals surface area contributed by atoms with E-state index in [0.717, 1.165) is 16.4 Å². The van der Waals surface area contributed by atoms with Crippen LogP contribution in [0.25, 0.3) is 0 Å². The molecule has 0 saturated heterocycles. The third kappa shape index (κ3) is 4.81. The van der Waals surface area contributed by atoms with Gasteiger partial charge in [-0.05, 0) is 27.6 Å². The first kappa shape index (κ1) is 13.4. The van der Waals surface area contributed by atoms with Gasteiger partial charge in [0.1, 0.15) is 4.60 Å². The highest BCUT2D eigenvalue weighted by Gasteiger charge is 2.05. The number of pyridine rings is 1. The molecule has 6 nitrogen and oxygen atoms in total. The van der Waals surface area contributed by atoms with Crippen LogP contribution in [0.1, 0.15) is 5.56 Å². The molecule has 7 heteroatoms. The van der Waals surface area contributed by atoms with E-state index in [1.807, 2.05) is 12.1 Å². The lowest BCUT2D eigenvalue weighted by molar-refractivity contribution is -0.404. The Kier molecular flexibility index (Phi) is 4.89. The average Bonchev–Trinajstić information content (AvgIpc) is 2.25. The minimum atomic E-state index is -0.484. The molecular formula is C10H13BrN4O2. The topological polar surface area (TPSA) is 71.3 Å². The summed E-state index contributed by atoms with van der Waals surface area (Å²) in [5, 5.41) is 13.4. The molecular weight excluding hydrogens is 288 g/mol. The van der Waals surface area contributed by atoms with Gasteiger partial charge >= 0.3 is 0 Å². The van der Waals surface area contributed by atoms with Crippen molar-refractivity contribution in [1.82, 2.24) is 15.2 Å². The Morgan fingerprint density at radius 1 is 1.65 bits per heavy atom. The van der Waals surface area contributed by atoms with Crippen LogP contribution in [0, 0.1) is 10.1 Å². The van der Waals surface area contributed by atoms with E-state index in [4.69, 9.17) is 0 Å². The first-order chi connectivity index (χ1) is 7.99. The van der Waals surface area contributed by atoms with Crippen LogP contribution < -0.4 is 5.32 Å². The number of nitro groups is 1. The zero-order valence-electron chi connectivity index (χ0n) is 9.55. The first-order valence-corrected chi connectivity index (χ1v) is 5.65. The Morgan fingerprint density at radius 2 is 2.35 bits per heavy atom. The van der Waals surface area contributed by atoms with E-state index in [0.29, 0.717) is 12.4 Å². The highest BCUT2D eigenvalue weighted by atomic mass is 79.9. The number of rotatable bonds is 5. The van der Waals surface area contributed by atoms with Crippen LogP contribution in [-0.4, -0.2) is 28.9 Å². The van der Waals surface area contributed by atoms with Gasteiger partial charge in [-0.25, -0.2) is 4.98 Å². The van der Waals surface area contributed by atoms with Crippen molar-refractivity contribution in [3.63, 3.8) is 0 Å². The van der Waals surface area contributed by atoms with Gasteiger partial charge in [0.15, 0.2) is 5.82 Å². The summed E-state index contributed by atoms with van der Waals surface area (Å²) >= 11 is 3.24. The summed E-state index contributed by atoms with van der Waals surface area (Å²) in [7, 11) is 3.48. The summed E-state index contributed by atoms with van der Waals surface area (Å²) in [4.78, 5) is 15.7. The summed E-state index contributed by atoms with van der Waals surface area (Å²) in [6.45, 7) is 0.484. The molecule has 0 aliphatic rings. The fraction of sp³-hybridized carbons (Fsp3) is 0.300. The fourth-order valence-electron chi connectivity index (χ4n) is 1.12. The second-order valence-electron chi connectivity index (χ2n) is 3.54. The van der Waals surface area contributed by atoms with Crippen LogP contribution in [-0.2, 0) is 6.54 Å². The molecule has 0 spiro atoms. The molecule has 0 unspecified atom stereocenters. The van der Waals surface area contributed by atoms with E-state index in [1.165, 1.54) is 0 Å². The minimum absolute atomic E-state index is 0.443. The molecule has 0 amide bonds. The smallest absolute Gasteiger partial charge is 0.274 e. The molecule has 0 atom stereocenters. The molecule has 1 aromatic heterocycles. The molecule has 0 aliphatic carbocycles. The van der Waals surface area contributed by atoms with Crippen molar-refractivity contribution < 1.29 is 4.92 Å². The molecule has 0 aromatic carbocycles. The minimum Gasteiger partial charge on any atom is -0.362 e. The van der Waals surface area contributed by atoms with Crippen LogP contribution in [0.2, 0.25) is 0 Å². The summed E-state index contributed by atoms with van der Waals surface area (Å²) in [6, 6.07) is 3.72. The van der Waals surface area contributed by atoms with Crippen LogP contribution in [0.3, 0.4) is 0 Å². The zero-order valence-corrected chi connectivity index (χ0v) is 11.1. The van der Waals surface area contributed by atoms with E-state index in [1.54, 1.807) is 25.2 Å². The summed E-state index contributed by atoms with van der Waals surface area (Å²) in [5.41, 5.74) is 0.948. The van der Waals surface area contributed by atoms with Crippen molar-refractivity contribution in [3.8, 4) is 0 Å². The van der Waals surface area contributed by atoms with Crippen LogP contribution in [0.15, 0.2) is 35.0 Å². The van der Waals surface area contributed by atoms with E-state index in [2.05, 4.69) is 26.2 Å². The van der Waals surface area contributed by atoms with Crippen molar-refractivity contribution in [2.45, 2.75) is 6.54 Å². The fourth-order valence-corrected chi connectivity index (χ4v) is 1.36. The SMILES string of the molecule is CN(C)/C(=C\[N+](=O)[O-])NCc1ccc(Br)nc1. The molecule has 92 valence electrons. The van der Waals surface area contributed by atoms with E-state index >= 15 is 0 Å². The molecule has 0 saturated carbocycles. The number of nitrogens with one attached hydrogen (secondary N) is 1. The van der Waals surface area contributed by atoms with E-state index in [-0.39, 0.29) is 0 Å². The number of nitrogens with zero attached hydrogens (tertiary/aromatic N) is 3. The normalized spacial score (nSPS) is 11.1. The lowest BCUT2D eigenvalue weighted by Gasteiger charge is -2.16. The van der Waals surface area contributed by atoms with Crippen molar-refractivity contribution in [2.24, 2.45) is 0 Å². The lowest BCUT2D eigenvalue weighted by atomic mass is 10.3. The molecule has 0 radical (unpaired) electrons. The molecule has 1 aromatic rings. The summed E-state index contributed by atoms with van der Waals surface area (Å²) in [5.74, 6) is 0.443. The number of halogens is 1. The van der Waals surface area contributed by atoms with Gasteiger partial charge in [0.2, 0.25) is 0 Å². The van der Waals surface area contributed by atoms with E-state index < -0.39 is 4.92 Å². The Labute approximate surface area is 108 Å². The molecule has 0 aliphatic heterocycles. The van der Waals surface area contributed by atoms with E-state index in [9.17, 15) is 10.1 Å². The van der Waals surface area contributed by atoms with Gasteiger partial charge in [0.05, 0.1) is 4.92 Å². The van der Waals surface area contributed by atoms with Gasteiger partial charge in [-0.1, -0.05) is 6.07 Å². The summed E-state index contributed by atoms with van der Waals surface area (Å²) in [6.07, 6.45) is 2.64. The number of aromatic nitrogens is 1. The predicted octanol–water partition coefficient (Wildman–Crippen LogP) is 1.57. The number of hydrogen-bond donors (Lipinski definition) is 1. The highest BCUT2D eigenvalue weighted by Crippen LogP contribution is 2.06. The third-order valence-corrected chi connectivity index (χ3v) is 2.44. The second kappa shape index (κ2) is 6.19. The van der Waals surface area contributed by atoms with Gasteiger partial charge < -0.3 is 10.2 Å². The summed E-state index contributed by atoms with van der Waals surface area (Å²) < 4.78 is 0.759. The predicted molar refractivity (Wildman–Crippen MR) is 67.5 cm³/mol. The van der Waals surface area contributed by atoms with Gasteiger partial charge in [-0.3, -0.25) is 10.1 Å². The van der Waals surface area contributed by atoms with Crippen molar-refractivity contribution in [1.29, 1.82) is 0 Å². The molecule has 17 heavy (non-hydrogen) atoms. The zero-order chi connectivity index (χ0) is 12.8. The molecule has 0 bridgehead atoms. The Morgan fingerprint density at radius 3 is 2.82 bits per heavy atom. The van der Waals surface area contributed by atoms with Gasteiger partial charge in [0, 0.05) is 26.8 Å². The molecule has 1 rings (SSSR count). The second-order valence-corrected chi connectivity index (χ2v) is 4.35. The first-order valence-electron chi connectivity index (χ1n) is 4.86. The largest absolute Gasteiger partial charge is 0.362 e. The molecule has 0 fully saturated rings. The average molecular weight is 301 g/mol. The maximum absolute atomic E-state index is 10.4. The van der Waals surface area contributed by atoms with Crippen molar-refractivity contribution in [3.05, 3.63) is 50.6 Å². The quantitative estimate of drug-likeness (QED) is 0.508.